The van der Waals surface area contributed by atoms with Crippen molar-refractivity contribution in [2.45, 2.75) is 53.4 Å². The fraction of sp³-hybridized carbons (Fsp3) is 0.588. The second-order valence-electron chi connectivity index (χ2n) is 6.38. The number of nitrogens with zero attached hydrogens (tertiary/aromatic N) is 2. The molecule has 2 aromatic heterocycles. The van der Waals surface area contributed by atoms with Crippen molar-refractivity contribution in [1.82, 2.24) is 14.9 Å². The minimum atomic E-state index is -0.461. The van der Waals surface area contributed by atoms with Crippen LogP contribution in [0.5, 0.6) is 0 Å². The number of carbonyl (C=O) groups is 1. The van der Waals surface area contributed by atoms with Crippen molar-refractivity contribution >= 4 is 27.5 Å². The van der Waals surface area contributed by atoms with E-state index >= 15 is 0 Å². The van der Waals surface area contributed by atoms with Gasteiger partial charge in [0, 0.05) is 6.54 Å². The number of ether oxygens (including phenoxy) is 1. The van der Waals surface area contributed by atoms with Crippen LogP contribution in [-0.2, 0) is 11.3 Å². The molecule has 0 aliphatic heterocycles. The molecule has 2 aromatic rings. The summed E-state index contributed by atoms with van der Waals surface area (Å²) in [6.07, 6.45) is -0.686. The number of H-pyrrole nitrogens is 1. The fourth-order valence-corrected chi connectivity index (χ4v) is 3.70. The Bertz CT molecular complexity index is 810. The molecule has 0 amide bonds. The van der Waals surface area contributed by atoms with E-state index in [2.05, 4.69) is 9.97 Å². The molecule has 8 heteroatoms. The number of aromatic nitrogens is 2. The number of aryl methyl sites for hydroxylation is 1. The zero-order chi connectivity index (χ0) is 18.7. The molecular formula is C17H25N3O4S. The van der Waals surface area contributed by atoms with Crippen LogP contribution in [0.4, 0.5) is 0 Å². The summed E-state index contributed by atoms with van der Waals surface area (Å²) in [4.78, 5) is 34.9. The Morgan fingerprint density at radius 3 is 2.64 bits per heavy atom. The Balaban J connectivity index is 2.38. The van der Waals surface area contributed by atoms with Gasteiger partial charge in [0.05, 0.1) is 24.1 Å². The zero-order valence-corrected chi connectivity index (χ0v) is 16.1. The Morgan fingerprint density at radius 1 is 1.40 bits per heavy atom. The average Bonchev–Trinajstić information content (AvgIpc) is 2.82. The van der Waals surface area contributed by atoms with Gasteiger partial charge in [0.2, 0.25) is 0 Å². The quantitative estimate of drug-likeness (QED) is 0.727. The minimum Gasteiger partial charge on any atom is -0.459 e. The third-order valence-electron chi connectivity index (χ3n) is 3.72. The third kappa shape index (κ3) is 4.65. The van der Waals surface area contributed by atoms with Crippen molar-refractivity contribution in [3.05, 3.63) is 26.6 Å². The van der Waals surface area contributed by atoms with Crippen molar-refractivity contribution in [2.24, 2.45) is 0 Å². The highest BCUT2D eigenvalue weighted by Gasteiger charge is 2.21. The van der Waals surface area contributed by atoms with Crippen LogP contribution >= 0.6 is 11.3 Å². The van der Waals surface area contributed by atoms with Crippen LogP contribution in [0.1, 0.15) is 48.8 Å². The van der Waals surface area contributed by atoms with Crippen LogP contribution in [0.3, 0.4) is 0 Å². The Hall–Kier alpha value is -1.77. The molecule has 1 atom stereocenters. The van der Waals surface area contributed by atoms with Gasteiger partial charge in [-0.2, -0.15) is 0 Å². The van der Waals surface area contributed by atoms with E-state index in [1.807, 2.05) is 11.8 Å². The number of fused-ring (bicyclic) bond motifs is 1. The summed E-state index contributed by atoms with van der Waals surface area (Å²) in [6.45, 7) is 10.6. The van der Waals surface area contributed by atoms with Gasteiger partial charge in [-0.1, -0.05) is 6.92 Å². The molecule has 1 unspecified atom stereocenters. The molecule has 0 saturated carbocycles. The normalized spacial score (nSPS) is 13.0. The molecule has 7 nitrogen and oxygen atoms in total. The number of esters is 1. The summed E-state index contributed by atoms with van der Waals surface area (Å²) in [7, 11) is 0. The third-order valence-corrected chi connectivity index (χ3v) is 4.89. The van der Waals surface area contributed by atoms with Crippen LogP contribution in [0.15, 0.2) is 4.79 Å². The van der Waals surface area contributed by atoms with E-state index in [0.717, 1.165) is 6.54 Å². The largest absolute Gasteiger partial charge is 0.459 e. The van der Waals surface area contributed by atoms with E-state index in [-0.39, 0.29) is 11.7 Å². The highest BCUT2D eigenvalue weighted by molar-refractivity contribution is 7.20. The first kappa shape index (κ1) is 19.6. The lowest BCUT2D eigenvalue weighted by Crippen LogP contribution is -2.31. The maximum atomic E-state index is 12.5. The Kier molecular flexibility index (Phi) is 6.31. The van der Waals surface area contributed by atoms with Gasteiger partial charge in [0.1, 0.15) is 15.5 Å². The predicted molar refractivity (Wildman–Crippen MR) is 98.2 cm³/mol. The van der Waals surface area contributed by atoms with Gasteiger partial charge in [-0.05, 0) is 39.8 Å². The average molecular weight is 367 g/mol. The van der Waals surface area contributed by atoms with E-state index in [4.69, 9.17) is 4.74 Å². The number of hydrogen-bond donors (Lipinski definition) is 2. The smallest absolute Gasteiger partial charge is 0.348 e. The number of thiophene rings is 1. The summed E-state index contributed by atoms with van der Waals surface area (Å²) in [5.74, 6) is 0.0887. The summed E-state index contributed by atoms with van der Waals surface area (Å²) in [6, 6.07) is 0. The first-order valence-corrected chi connectivity index (χ1v) is 9.18. The van der Waals surface area contributed by atoms with Crippen LogP contribution < -0.4 is 5.56 Å². The molecule has 0 saturated heterocycles. The van der Waals surface area contributed by atoms with Crippen LogP contribution in [0, 0.1) is 6.92 Å². The fourth-order valence-electron chi connectivity index (χ4n) is 2.62. The molecule has 138 valence electrons. The van der Waals surface area contributed by atoms with Crippen LogP contribution in [-0.4, -0.2) is 51.2 Å². The molecule has 2 N–H and O–H groups in total. The molecule has 0 spiro atoms. The number of aliphatic hydroxyl groups is 1. The van der Waals surface area contributed by atoms with E-state index in [1.54, 1.807) is 27.7 Å². The summed E-state index contributed by atoms with van der Waals surface area (Å²) < 4.78 is 5.24. The van der Waals surface area contributed by atoms with E-state index in [1.165, 1.54) is 11.3 Å². The standard InChI is InChI=1S/C17H25N3O4S/c1-6-20(7-10(4)21)8-12-18-15(22)13-11(5)14(25-16(13)19-12)17(23)24-9(2)3/h9-10,21H,6-8H2,1-5H3,(H,18,19,22). The molecule has 2 rings (SSSR count). The number of carbonyl (C=O) groups excluding carboxylic acids is 1. The lowest BCUT2D eigenvalue weighted by Gasteiger charge is -2.21. The van der Waals surface area contributed by atoms with Gasteiger partial charge < -0.3 is 14.8 Å². The number of aromatic amines is 1. The molecular weight excluding hydrogens is 342 g/mol. The topological polar surface area (TPSA) is 95.5 Å². The molecule has 0 aliphatic rings. The van der Waals surface area contributed by atoms with E-state index in [0.29, 0.717) is 39.6 Å². The van der Waals surface area contributed by atoms with Gasteiger partial charge in [-0.15, -0.1) is 11.3 Å². The van der Waals surface area contributed by atoms with Gasteiger partial charge in [-0.25, -0.2) is 9.78 Å². The van der Waals surface area contributed by atoms with E-state index in [9.17, 15) is 14.7 Å². The molecule has 0 radical (unpaired) electrons. The first-order valence-electron chi connectivity index (χ1n) is 8.36. The summed E-state index contributed by atoms with van der Waals surface area (Å²) >= 11 is 1.18. The maximum absolute atomic E-state index is 12.5. The number of aliphatic hydroxyl groups excluding tert-OH is 1. The van der Waals surface area contributed by atoms with E-state index < -0.39 is 12.1 Å². The minimum absolute atomic E-state index is 0.225. The molecule has 25 heavy (non-hydrogen) atoms. The number of nitrogens with one attached hydrogen (secondary N) is 1. The zero-order valence-electron chi connectivity index (χ0n) is 15.3. The SMILES string of the molecule is CCN(Cc1nc2sc(C(=O)OC(C)C)c(C)c2c(=O)[nH]1)CC(C)O. The van der Waals surface area contributed by atoms with Crippen molar-refractivity contribution in [3.8, 4) is 0 Å². The molecule has 0 bridgehead atoms. The second-order valence-corrected chi connectivity index (χ2v) is 7.38. The first-order chi connectivity index (χ1) is 11.7. The second kappa shape index (κ2) is 8.07. The van der Waals surface area contributed by atoms with Crippen LogP contribution in [0.2, 0.25) is 0 Å². The van der Waals surface area contributed by atoms with Gasteiger partial charge in [0.25, 0.3) is 5.56 Å². The number of rotatable bonds is 7. The van der Waals surface area contributed by atoms with Gasteiger partial charge in [-0.3, -0.25) is 9.69 Å². The van der Waals surface area contributed by atoms with Gasteiger partial charge in [0.15, 0.2) is 0 Å². The highest BCUT2D eigenvalue weighted by atomic mass is 32.1. The Morgan fingerprint density at radius 2 is 2.08 bits per heavy atom. The molecule has 0 fully saturated rings. The Labute approximate surface area is 150 Å². The van der Waals surface area contributed by atoms with Crippen molar-refractivity contribution < 1.29 is 14.6 Å². The molecule has 2 heterocycles. The lowest BCUT2D eigenvalue weighted by molar-refractivity contribution is 0.0383. The number of hydrogen-bond acceptors (Lipinski definition) is 7. The van der Waals surface area contributed by atoms with Crippen LogP contribution in [0.25, 0.3) is 10.2 Å². The maximum Gasteiger partial charge on any atom is 0.348 e. The lowest BCUT2D eigenvalue weighted by atomic mass is 10.2. The monoisotopic (exact) mass is 367 g/mol. The highest BCUT2D eigenvalue weighted by Crippen LogP contribution is 2.28. The predicted octanol–water partition coefficient (Wildman–Crippen LogP) is 2.06. The number of likely N-dealkylation sites (N-methyl/N-ethyl adjacent to an activating group) is 1. The van der Waals surface area contributed by atoms with Gasteiger partial charge >= 0.3 is 5.97 Å². The summed E-state index contributed by atoms with van der Waals surface area (Å²) in [5, 5.41) is 9.98. The molecule has 0 aromatic carbocycles. The summed E-state index contributed by atoms with van der Waals surface area (Å²) in [5.41, 5.74) is 0.340. The molecule has 0 aliphatic carbocycles. The van der Waals surface area contributed by atoms with Crippen molar-refractivity contribution in [1.29, 1.82) is 0 Å². The van der Waals surface area contributed by atoms with Crippen molar-refractivity contribution in [3.63, 3.8) is 0 Å². The van der Waals surface area contributed by atoms with Crippen molar-refractivity contribution in [2.75, 3.05) is 13.1 Å².